The number of nitrogens with zero attached hydrogens (tertiary/aromatic N) is 1. The molecule has 1 amide bonds. The van der Waals surface area contributed by atoms with Gasteiger partial charge in [-0.15, -0.1) is 0 Å². The van der Waals surface area contributed by atoms with Gasteiger partial charge in [-0.3, -0.25) is 4.79 Å². The quantitative estimate of drug-likeness (QED) is 0.562. The average molecular weight is 394 g/mol. The van der Waals surface area contributed by atoms with Crippen LogP contribution in [0.4, 0.5) is 0 Å². The number of carbonyl (C=O) groups is 1. The molecule has 0 saturated heterocycles. The van der Waals surface area contributed by atoms with Crippen LogP contribution in [0.25, 0.3) is 11.0 Å². The Morgan fingerprint density at radius 1 is 1.29 bits per heavy atom. The van der Waals surface area contributed by atoms with Crippen molar-refractivity contribution >= 4 is 28.6 Å². The number of thioether (sulfide) groups is 1. The standard InChI is InChI=1S/C22H22N2O3S/c1-3-26-18-8-9-20-19(12-18)15(2)21(27-20)22(25)24-10-11-28-14-17-7-5-4-6-16(17)13-23/h4-9,12H,3,10-11,14H2,1-2H3,(H,24,25). The van der Waals surface area contributed by atoms with E-state index in [1.165, 1.54) is 0 Å². The smallest absolute Gasteiger partial charge is 0.287 e. The molecule has 3 rings (SSSR count). The Labute approximate surface area is 168 Å². The van der Waals surface area contributed by atoms with Gasteiger partial charge in [0.2, 0.25) is 0 Å². The molecule has 6 heteroatoms. The van der Waals surface area contributed by atoms with Crippen LogP contribution < -0.4 is 10.1 Å². The summed E-state index contributed by atoms with van der Waals surface area (Å²) in [6, 6.07) is 15.3. The SMILES string of the molecule is CCOc1ccc2oc(C(=O)NCCSCc3ccccc3C#N)c(C)c2c1. The fourth-order valence-corrected chi connectivity index (χ4v) is 3.79. The highest BCUT2D eigenvalue weighted by atomic mass is 32.2. The molecule has 0 aliphatic rings. The molecule has 0 spiro atoms. The largest absolute Gasteiger partial charge is 0.494 e. The van der Waals surface area contributed by atoms with Crippen LogP contribution in [0.5, 0.6) is 5.75 Å². The second-order valence-corrected chi connectivity index (χ2v) is 7.33. The van der Waals surface area contributed by atoms with Gasteiger partial charge in [-0.25, -0.2) is 0 Å². The van der Waals surface area contributed by atoms with Gasteiger partial charge in [-0.1, -0.05) is 18.2 Å². The molecule has 0 unspecified atom stereocenters. The van der Waals surface area contributed by atoms with Crippen molar-refractivity contribution in [2.24, 2.45) is 0 Å². The zero-order valence-corrected chi connectivity index (χ0v) is 16.8. The lowest BCUT2D eigenvalue weighted by molar-refractivity contribution is 0.0930. The van der Waals surface area contributed by atoms with Crippen molar-refractivity contribution in [2.45, 2.75) is 19.6 Å². The van der Waals surface area contributed by atoms with Gasteiger partial charge in [0.15, 0.2) is 5.76 Å². The molecule has 2 aromatic carbocycles. The molecule has 0 radical (unpaired) electrons. The van der Waals surface area contributed by atoms with Gasteiger partial charge in [0.25, 0.3) is 5.91 Å². The number of hydrogen-bond donors (Lipinski definition) is 1. The van der Waals surface area contributed by atoms with E-state index in [0.29, 0.717) is 30.1 Å². The van der Waals surface area contributed by atoms with Crippen LogP contribution in [0.2, 0.25) is 0 Å². The van der Waals surface area contributed by atoms with E-state index in [0.717, 1.165) is 33.8 Å². The highest BCUT2D eigenvalue weighted by molar-refractivity contribution is 7.98. The summed E-state index contributed by atoms with van der Waals surface area (Å²) in [5, 5.41) is 12.9. The van der Waals surface area contributed by atoms with E-state index >= 15 is 0 Å². The summed E-state index contributed by atoms with van der Waals surface area (Å²) in [4.78, 5) is 12.5. The number of aryl methyl sites for hydroxylation is 1. The van der Waals surface area contributed by atoms with Gasteiger partial charge < -0.3 is 14.5 Å². The third-order valence-corrected chi connectivity index (χ3v) is 5.36. The van der Waals surface area contributed by atoms with Crippen LogP contribution >= 0.6 is 11.8 Å². The molecule has 0 saturated carbocycles. The minimum atomic E-state index is -0.218. The molecule has 0 aliphatic heterocycles. The Kier molecular flexibility index (Phi) is 6.62. The van der Waals surface area contributed by atoms with E-state index in [4.69, 9.17) is 14.4 Å². The lowest BCUT2D eigenvalue weighted by atomic mass is 10.1. The number of ether oxygens (including phenoxy) is 1. The summed E-state index contributed by atoms with van der Waals surface area (Å²) in [6.07, 6.45) is 0. The van der Waals surface area contributed by atoms with Crippen LogP contribution in [-0.2, 0) is 5.75 Å². The molecule has 0 aliphatic carbocycles. The third-order valence-electron chi connectivity index (χ3n) is 4.35. The Balaban J connectivity index is 1.55. The lowest BCUT2D eigenvalue weighted by Gasteiger charge is -2.05. The predicted octanol–water partition coefficient (Wildman–Crippen LogP) is 4.67. The van der Waals surface area contributed by atoms with Crippen molar-refractivity contribution in [1.29, 1.82) is 5.26 Å². The Morgan fingerprint density at radius 3 is 2.89 bits per heavy atom. The maximum Gasteiger partial charge on any atom is 0.287 e. The highest BCUT2D eigenvalue weighted by Crippen LogP contribution is 2.29. The highest BCUT2D eigenvalue weighted by Gasteiger charge is 2.17. The summed E-state index contributed by atoms with van der Waals surface area (Å²) in [5.41, 5.74) is 3.20. The Hall–Kier alpha value is -2.91. The molecular formula is C22H22N2O3S. The molecule has 28 heavy (non-hydrogen) atoms. The maximum absolute atomic E-state index is 12.5. The first-order chi connectivity index (χ1) is 13.6. The van der Waals surface area contributed by atoms with E-state index in [2.05, 4.69) is 11.4 Å². The number of amides is 1. The van der Waals surface area contributed by atoms with Gasteiger partial charge in [-0.2, -0.15) is 17.0 Å². The number of benzene rings is 2. The number of carbonyl (C=O) groups excluding carboxylic acids is 1. The lowest BCUT2D eigenvalue weighted by Crippen LogP contribution is -2.25. The van der Waals surface area contributed by atoms with Crippen molar-refractivity contribution in [2.75, 3.05) is 18.9 Å². The molecule has 0 bridgehead atoms. The number of hydrogen-bond acceptors (Lipinski definition) is 5. The van der Waals surface area contributed by atoms with Gasteiger partial charge in [0, 0.05) is 29.0 Å². The van der Waals surface area contributed by atoms with Gasteiger partial charge in [0.1, 0.15) is 11.3 Å². The zero-order chi connectivity index (χ0) is 19.9. The second-order valence-electron chi connectivity index (χ2n) is 6.22. The van der Waals surface area contributed by atoms with Crippen LogP contribution in [0.1, 0.15) is 34.2 Å². The average Bonchev–Trinajstić information content (AvgIpc) is 3.04. The first-order valence-corrected chi connectivity index (χ1v) is 10.3. The summed E-state index contributed by atoms with van der Waals surface area (Å²) < 4.78 is 11.3. The van der Waals surface area contributed by atoms with E-state index < -0.39 is 0 Å². The number of fused-ring (bicyclic) bond motifs is 1. The molecular weight excluding hydrogens is 372 g/mol. The van der Waals surface area contributed by atoms with Gasteiger partial charge in [-0.05, 0) is 43.7 Å². The maximum atomic E-state index is 12.5. The zero-order valence-electron chi connectivity index (χ0n) is 16.0. The summed E-state index contributed by atoms with van der Waals surface area (Å²) >= 11 is 1.68. The summed E-state index contributed by atoms with van der Waals surface area (Å²) in [7, 11) is 0. The van der Waals surface area contributed by atoms with E-state index in [-0.39, 0.29) is 5.91 Å². The second kappa shape index (κ2) is 9.34. The van der Waals surface area contributed by atoms with Crippen LogP contribution in [0.15, 0.2) is 46.9 Å². The third kappa shape index (κ3) is 4.49. The Bertz CT molecular complexity index is 1020. The topological polar surface area (TPSA) is 75.3 Å². The first-order valence-electron chi connectivity index (χ1n) is 9.14. The number of nitrogens with one attached hydrogen (secondary N) is 1. The molecule has 144 valence electrons. The number of rotatable bonds is 8. The van der Waals surface area contributed by atoms with Crippen molar-refractivity contribution in [3.05, 3.63) is 64.9 Å². The fraction of sp³-hybridized carbons (Fsp3) is 0.273. The molecule has 1 N–H and O–H groups in total. The molecule has 0 fully saturated rings. The van der Waals surface area contributed by atoms with Gasteiger partial charge in [0.05, 0.1) is 18.2 Å². The van der Waals surface area contributed by atoms with Crippen LogP contribution in [0.3, 0.4) is 0 Å². The number of furan rings is 1. The van der Waals surface area contributed by atoms with E-state index in [1.54, 1.807) is 11.8 Å². The minimum absolute atomic E-state index is 0.218. The van der Waals surface area contributed by atoms with Crippen LogP contribution in [0, 0.1) is 18.3 Å². The molecule has 0 atom stereocenters. The molecule has 3 aromatic rings. The summed E-state index contributed by atoms with van der Waals surface area (Å²) in [5.74, 6) is 2.37. The van der Waals surface area contributed by atoms with Crippen molar-refractivity contribution in [3.8, 4) is 11.8 Å². The van der Waals surface area contributed by atoms with E-state index in [9.17, 15) is 4.79 Å². The monoisotopic (exact) mass is 394 g/mol. The predicted molar refractivity (Wildman–Crippen MR) is 112 cm³/mol. The fourth-order valence-electron chi connectivity index (χ4n) is 2.93. The first kappa shape index (κ1) is 19.8. The Morgan fingerprint density at radius 2 is 2.11 bits per heavy atom. The number of nitriles is 1. The normalized spacial score (nSPS) is 10.6. The molecule has 1 aromatic heterocycles. The summed E-state index contributed by atoms with van der Waals surface area (Å²) in [6.45, 7) is 4.93. The van der Waals surface area contributed by atoms with Gasteiger partial charge >= 0.3 is 0 Å². The van der Waals surface area contributed by atoms with E-state index in [1.807, 2.05) is 56.3 Å². The van der Waals surface area contributed by atoms with Crippen molar-refractivity contribution in [3.63, 3.8) is 0 Å². The van der Waals surface area contributed by atoms with Crippen molar-refractivity contribution < 1.29 is 13.9 Å². The van der Waals surface area contributed by atoms with Crippen molar-refractivity contribution in [1.82, 2.24) is 5.32 Å². The minimum Gasteiger partial charge on any atom is -0.494 e. The van der Waals surface area contributed by atoms with Crippen LogP contribution in [-0.4, -0.2) is 24.8 Å². The molecule has 5 nitrogen and oxygen atoms in total. The molecule has 1 heterocycles.